The van der Waals surface area contributed by atoms with Gasteiger partial charge < -0.3 is 4.90 Å². The van der Waals surface area contributed by atoms with Crippen LogP contribution in [0.3, 0.4) is 0 Å². The highest BCUT2D eigenvalue weighted by molar-refractivity contribution is 6.00. The Morgan fingerprint density at radius 1 is 0.255 bits per heavy atom. The fraction of sp³-hybridized carbons (Fsp3) is 0. The van der Waals surface area contributed by atoms with Gasteiger partial charge in [-0.15, -0.1) is 0 Å². The van der Waals surface area contributed by atoms with Gasteiger partial charge >= 0.3 is 0 Å². The van der Waals surface area contributed by atoms with Gasteiger partial charge in [-0.2, -0.15) is 0 Å². The summed E-state index contributed by atoms with van der Waals surface area (Å²) < 4.78 is 0. The molecule has 9 rings (SSSR count). The van der Waals surface area contributed by atoms with Crippen molar-refractivity contribution in [3.8, 4) is 44.5 Å². The molecule has 0 spiro atoms. The van der Waals surface area contributed by atoms with E-state index < -0.39 is 0 Å². The first-order chi connectivity index (χ1) is 25.3. The molecule has 0 saturated carbocycles. The number of nitrogens with zero attached hydrogens (tertiary/aromatic N) is 1. The Kier molecular flexibility index (Phi) is 7.92. The largest absolute Gasteiger partial charge is 0.310 e. The molecule has 0 saturated heterocycles. The van der Waals surface area contributed by atoms with Crippen LogP contribution in [0.25, 0.3) is 66.1 Å². The van der Waals surface area contributed by atoms with Gasteiger partial charge in [0.1, 0.15) is 0 Å². The smallest absolute Gasteiger partial charge is 0.0540 e. The Morgan fingerprint density at radius 2 is 0.725 bits per heavy atom. The molecule has 51 heavy (non-hydrogen) atoms. The van der Waals surface area contributed by atoms with Crippen molar-refractivity contribution in [3.05, 3.63) is 212 Å². The van der Waals surface area contributed by atoms with Gasteiger partial charge in [-0.3, -0.25) is 0 Å². The lowest BCUT2D eigenvalue weighted by Crippen LogP contribution is -2.10. The summed E-state index contributed by atoms with van der Waals surface area (Å²) in [5.41, 5.74) is 13.0. The third kappa shape index (κ3) is 5.96. The molecule has 0 atom stereocenters. The monoisotopic (exact) mass is 649 g/mol. The Bertz CT molecular complexity index is 2610. The second-order valence-electron chi connectivity index (χ2n) is 13.0. The summed E-state index contributed by atoms with van der Waals surface area (Å²) in [5, 5.41) is 4.96. The molecule has 0 aromatic heterocycles. The van der Waals surface area contributed by atoms with E-state index in [0.29, 0.717) is 0 Å². The number of anilines is 3. The van der Waals surface area contributed by atoms with E-state index in [1.165, 1.54) is 66.1 Å². The highest BCUT2D eigenvalue weighted by atomic mass is 15.1. The normalized spacial score (nSPS) is 11.1. The number of fused-ring (bicyclic) bond motifs is 2. The number of rotatable bonds is 7. The van der Waals surface area contributed by atoms with E-state index in [0.717, 1.165) is 17.1 Å². The average Bonchev–Trinajstić information content (AvgIpc) is 3.22. The second kappa shape index (κ2) is 13.3. The van der Waals surface area contributed by atoms with Gasteiger partial charge in [0.2, 0.25) is 0 Å². The minimum absolute atomic E-state index is 1.11. The first-order valence-corrected chi connectivity index (χ1v) is 17.5. The summed E-state index contributed by atoms with van der Waals surface area (Å²) in [6, 6.07) is 76.6. The third-order valence-corrected chi connectivity index (χ3v) is 9.86. The van der Waals surface area contributed by atoms with Crippen molar-refractivity contribution in [2.75, 3.05) is 4.90 Å². The van der Waals surface area contributed by atoms with Crippen molar-refractivity contribution in [3.63, 3.8) is 0 Å². The first-order valence-electron chi connectivity index (χ1n) is 17.5. The zero-order valence-corrected chi connectivity index (χ0v) is 28.2. The van der Waals surface area contributed by atoms with Crippen LogP contribution in [-0.4, -0.2) is 0 Å². The van der Waals surface area contributed by atoms with Crippen LogP contribution in [0.1, 0.15) is 0 Å². The summed E-state index contributed by atoms with van der Waals surface area (Å²) in [6.07, 6.45) is 0. The molecule has 0 heterocycles. The van der Waals surface area contributed by atoms with Gasteiger partial charge in [-0.1, -0.05) is 176 Å². The molecule has 0 fully saturated rings. The van der Waals surface area contributed by atoms with Gasteiger partial charge in [0.15, 0.2) is 0 Å². The molecule has 1 nitrogen and oxygen atoms in total. The molecule has 0 radical (unpaired) electrons. The molecule has 0 aliphatic carbocycles. The zero-order valence-electron chi connectivity index (χ0n) is 28.2. The highest BCUT2D eigenvalue weighted by Gasteiger charge is 2.17. The average molecular weight is 650 g/mol. The van der Waals surface area contributed by atoms with Gasteiger partial charge in [0.05, 0.1) is 5.69 Å². The van der Waals surface area contributed by atoms with Crippen molar-refractivity contribution >= 4 is 38.6 Å². The molecule has 1 heteroatoms. The van der Waals surface area contributed by atoms with Gasteiger partial charge in [-0.25, -0.2) is 0 Å². The molecule has 9 aromatic rings. The molecule has 0 N–H and O–H groups in total. The van der Waals surface area contributed by atoms with Gasteiger partial charge in [-0.05, 0) is 97.1 Å². The van der Waals surface area contributed by atoms with E-state index in [2.05, 4.69) is 217 Å². The van der Waals surface area contributed by atoms with E-state index in [4.69, 9.17) is 0 Å². The van der Waals surface area contributed by atoms with Gasteiger partial charge in [0.25, 0.3) is 0 Å². The molecule has 0 bridgehead atoms. The van der Waals surface area contributed by atoms with E-state index >= 15 is 0 Å². The predicted molar refractivity (Wildman–Crippen MR) is 218 cm³/mol. The summed E-state index contributed by atoms with van der Waals surface area (Å²) in [7, 11) is 0. The lowest BCUT2D eigenvalue weighted by atomic mass is 9.95. The Morgan fingerprint density at radius 3 is 1.47 bits per heavy atom. The molecule has 0 amide bonds. The minimum Gasteiger partial charge on any atom is -0.310 e. The van der Waals surface area contributed by atoms with E-state index in [-0.39, 0.29) is 0 Å². The van der Waals surface area contributed by atoms with Crippen LogP contribution in [0.5, 0.6) is 0 Å². The molecule has 0 aliphatic rings. The number of hydrogen-bond donors (Lipinski definition) is 0. The first kappa shape index (κ1) is 30.4. The molecule has 0 unspecified atom stereocenters. The maximum Gasteiger partial charge on any atom is 0.0540 e. The molecule has 0 aliphatic heterocycles. The molecule has 240 valence electrons. The molecular weight excluding hydrogens is 615 g/mol. The summed E-state index contributed by atoms with van der Waals surface area (Å²) in [6.45, 7) is 0. The summed E-state index contributed by atoms with van der Waals surface area (Å²) in [4.78, 5) is 2.39. The van der Waals surface area contributed by atoms with Crippen LogP contribution in [0, 0.1) is 0 Å². The number of hydrogen-bond acceptors (Lipinski definition) is 1. The van der Waals surface area contributed by atoms with Crippen LogP contribution in [0.2, 0.25) is 0 Å². The Balaban J connectivity index is 1.11. The predicted octanol–water partition coefficient (Wildman–Crippen LogP) is 14.1. The van der Waals surface area contributed by atoms with Crippen molar-refractivity contribution in [2.45, 2.75) is 0 Å². The fourth-order valence-electron chi connectivity index (χ4n) is 7.29. The van der Waals surface area contributed by atoms with Crippen LogP contribution in [0.15, 0.2) is 212 Å². The SMILES string of the molecule is c1ccc(-c2ccc(-c3cccc(N(c4ccc(-c5cccc(-c6cccc7ccccc67)c5)cc4)c4cccc5ccccc45)c3)cc2)cc1. The lowest BCUT2D eigenvalue weighted by molar-refractivity contribution is 1.30. The Hall–Kier alpha value is -6.70. The van der Waals surface area contributed by atoms with Crippen LogP contribution in [-0.2, 0) is 0 Å². The van der Waals surface area contributed by atoms with Crippen molar-refractivity contribution in [2.24, 2.45) is 0 Å². The number of benzene rings is 9. The zero-order chi connectivity index (χ0) is 34.0. The summed E-state index contributed by atoms with van der Waals surface area (Å²) >= 11 is 0. The lowest BCUT2D eigenvalue weighted by Gasteiger charge is -2.27. The molecular formula is C50H35N. The highest BCUT2D eigenvalue weighted by Crippen LogP contribution is 2.41. The summed E-state index contributed by atoms with van der Waals surface area (Å²) in [5.74, 6) is 0. The van der Waals surface area contributed by atoms with Crippen LogP contribution in [0.4, 0.5) is 17.1 Å². The van der Waals surface area contributed by atoms with Crippen molar-refractivity contribution in [1.82, 2.24) is 0 Å². The van der Waals surface area contributed by atoms with Gasteiger partial charge in [0, 0.05) is 16.8 Å². The maximum absolute atomic E-state index is 2.39. The van der Waals surface area contributed by atoms with Crippen molar-refractivity contribution in [1.29, 1.82) is 0 Å². The topological polar surface area (TPSA) is 3.24 Å². The standard InChI is InChI=1S/C50H35N/c1-2-12-36(13-3-1)37-26-28-38(29-27-37)43-19-9-21-46(35-43)51(50-25-11-17-41-15-5-7-23-49(41)50)45-32-30-39(31-33-45)42-18-8-20-44(34-42)48-24-10-16-40-14-4-6-22-47(40)48/h1-35H. The second-order valence-corrected chi connectivity index (χ2v) is 13.0. The Labute approximate surface area is 299 Å². The van der Waals surface area contributed by atoms with Crippen LogP contribution >= 0.6 is 0 Å². The van der Waals surface area contributed by atoms with E-state index in [1.54, 1.807) is 0 Å². The maximum atomic E-state index is 2.39. The minimum atomic E-state index is 1.11. The quantitative estimate of drug-likeness (QED) is 0.166. The van der Waals surface area contributed by atoms with E-state index in [1.807, 2.05) is 0 Å². The van der Waals surface area contributed by atoms with Crippen LogP contribution < -0.4 is 4.90 Å². The third-order valence-electron chi connectivity index (χ3n) is 9.86. The molecule has 9 aromatic carbocycles. The van der Waals surface area contributed by atoms with E-state index in [9.17, 15) is 0 Å². The van der Waals surface area contributed by atoms with Crippen molar-refractivity contribution < 1.29 is 0 Å². The fourth-order valence-corrected chi connectivity index (χ4v) is 7.29.